The SMILES string of the molecule is CCNc1[nH]ccc1[N+](=O)[O-]. The molecule has 0 aliphatic carbocycles. The van der Waals surface area contributed by atoms with Gasteiger partial charge in [0.2, 0.25) is 0 Å². The first-order valence-electron chi connectivity index (χ1n) is 3.31. The maximum Gasteiger partial charge on any atom is 0.310 e. The number of H-pyrrole nitrogens is 1. The minimum atomic E-state index is -0.422. The zero-order valence-electron chi connectivity index (χ0n) is 6.13. The molecule has 60 valence electrons. The van der Waals surface area contributed by atoms with Gasteiger partial charge >= 0.3 is 5.69 Å². The summed E-state index contributed by atoms with van der Waals surface area (Å²) in [6, 6.07) is 1.43. The third-order valence-electron chi connectivity index (χ3n) is 1.28. The minimum Gasteiger partial charge on any atom is -0.366 e. The van der Waals surface area contributed by atoms with E-state index >= 15 is 0 Å². The number of aromatic amines is 1. The van der Waals surface area contributed by atoms with Gasteiger partial charge in [-0.2, -0.15) is 0 Å². The Bertz CT molecular complexity index is 256. The van der Waals surface area contributed by atoms with Crippen molar-refractivity contribution in [3.63, 3.8) is 0 Å². The number of anilines is 1. The molecule has 1 heterocycles. The first-order chi connectivity index (χ1) is 5.25. The van der Waals surface area contributed by atoms with E-state index in [-0.39, 0.29) is 5.69 Å². The molecule has 0 spiro atoms. The lowest BCUT2D eigenvalue weighted by Crippen LogP contribution is -1.99. The predicted molar refractivity (Wildman–Crippen MR) is 41.6 cm³/mol. The second kappa shape index (κ2) is 3.05. The number of hydrogen-bond acceptors (Lipinski definition) is 3. The molecule has 1 aromatic rings. The molecule has 5 nitrogen and oxygen atoms in total. The monoisotopic (exact) mass is 155 g/mol. The molecule has 1 aromatic heterocycles. The number of nitrogens with one attached hydrogen (secondary N) is 2. The summed E-state index contributed by atoms with van der Waals surface area (Å²) in [5.74, 6) is 0.470. The maximum absolute atomic E-state index is 10.3. The smallest absolute Gasteiger partial charge is 0.310 e. The maximum atomic E-state index is 10.3. The van der Waals surface area contributed by atoms with Gasteiger partial charge < -0.3 is 10.3 Å². The summed E-state index contributed by atoms with van der Waals surface area (Å²) in [7, 11) is 0. The van der Waals surface area contributed by atoms with Gasteiger partial charge in [-0.15, -0.1) is 0 Å². The molecule has 11 heavy (non-hydrogen) atoms. The minimum absolute atomic E-state index is 0.0897. The normalized spacial score (nSPS) is 9.55. The number of nitrogens with zero attached hydrogens (tertiary/aromatic N) is 1. The highest BCUT2D eigenvalue weighted by molar-refractivity contribution is 5.56. The molecule has 0 unspecified atom stereocenters. The lowest BCUT2D eigenvalue weighted by Gasteiger charge is -1.96. The average molecular weight is 155 g/mol. The Balaban J connectivity index is 2.87. The first-order valence-corrected chi connectivity index (χ1v) is 3.31. The van der Waals surface area contributed by atoms with Crippen LogP contribution in [0.15, 0.2) is 12.3 Å². The second-order valence-electron chi connectivity index (χ2n) is 2.03. The van der Waals surface area contributed by atoms with Crippen LogP contribution in [0.1, 0.15) is 6.92 Å². The Kier molecular flexibility index (Phi) is 2.10. The fraction of sp³-hybridized carbons (Fsp3) is 0.333. The van der Waals surface area contributed by atoms with Crippen molar-refractivity contribution in [1.82, 2.24) is 4.98 Å². The number of hydrogen-bond donors (Lipinski definition) is 2. The molecule has 0 radical (unpaired) electrons. The molecule has 1 rings (SSSR count). The summed E-state index contributed by atoms with van der Waals surface area (Å²) in [6.45, 7) is 2.55. The van der Waals surface area contributed by atoms with E-state index in [1.807, 2.05) is 6.92 Å². The summed E-state index contributed by atoms with van der Waals surface area (Å²) in [5, 5.41) is 13.1. The van der Waals surface area contributed by atoms with Gasteiger partial charge in [0.1, 0.15) is 0 Å². The number of aromatic nitrogens is 1. The molecule has 0 saturated heterocycles. The summed E-state index contributed by atoms with van der Waals surface area (Å²) in [6.07, 6.45) is 1.54. The van der Waals surface area contributed by atoms with Gasteiger partial charge in [-0.05, 0) is 6.92 Å². The van der Waals surface area contributed by atoms with E-state index in [1.54, 1.807) is 0 Å². The van der Waals surface area contributed by atoms with Gasteiger partial charge in [0.25, 0.3) is 0 Å². The van der Waals surface area contributed by atoms with Crippen molar-refractivity contribution in [3.8, 4) is 0 Å². The Hall–Kier alpha value is -1.52. The molecule has 0 saturated carbocycles. The fourth-order valence-corrected chi connectivity index (χ4v) is 0.832. The Labute approximate surface area is 63.6 Å². The number of nitro groups is 1. The highest BCUT2D eigenvalue weighted by Gasteiger charge is 2.12. The van der Waals surface area contributed by atoms with Gasteiger partial charge in [0, 0.05) is 18.8 Å². The fourth-order valence-electron chi connectivity index (χ4n) is 0.832. The van der Waals surface area contributed by atoms with Crippen LogP contribution in [0.25, 0.3) is 0 Å². The predicted octanol–water partition coefficient (Wildman–Crippen LogP) is 1.35. The van der Waals surface area contributed by atoms with Crippen LogP contribution < -0.4 is 5.32 Å². The molecule has 0 fully saturated rings. The Morgan fingerprint density at radius 1 is 1.82 bits per heavy atom. The van der Waals surface area contributed by atoms with Crippen LogP contribution in [0.2, 0.25) is 0 Å². The van der Waals surface area contributed by atoms with Crippen molar-refractivity contribution in [2.45, 2.75) is 6.92 Å². The van der Waals surface area contributed by atoms with E-state index in [1.165, 1.54) is 12.3 Å². The summed E-state index contributed by atoms with van der Waals surface area (Å²) >= 11 is 0. The second-order valence-corrected chi connectivity index (χ2v) is 2.03. The first kappa shape index (κ1) is 7.59. The Morgan fingerprint density at radius 3 is 3.09 bits per heavy atom. The summed E-state index contributed by atoms with van der Waals surface area (Å²) in [5.41, 5.74) is 0.0897. The van der Waals surface area contributed by atoms with Gasteiger partial charge in [-0.3, -0.25) is 10.1 Å². The van der Waals surface area contributed by atoms with Crippen molar-refractivity contribution in [2.75, 3.05) is 11.9 Å². The van der Waals surface area contributed by atoms with Crippen LogP contribution in [-0.4, -0.2) is 16.5 Å². The van der Waals surface area contributed by atoms with E-state index in [4.69, 9.17) is 0 Å². The molecule has 0 aliphatic rings. The zero-order valence-corrected chi connectivity index (χ0v) is 6.13. The third kappa shape index (κ3) is 1.49. The van der Waals surface area contributed by atoms with Gasteiger partial charge in [0.05, 0.1) is 4.92 Å². The Morgan fingerprint density at radius 2 is 2.55 bits per heavy atom. The molecule has 2 N–H and O–H groups in total. The third-order valence-corrected chi connectivity index (χ3v) is 1.28. The molecular weight excluding hydrogens is 146 g/mol. The molecule has 5 heteroatoms. The molecule has 0 amide bonds. The van der Waals surface area contributed by atoms with E-state index in [2.05, 4.69) is 10.3 Å². The van der Waals surface area contributed by atoms with Gasteiger partial charge in [-0.25, -0.2) is 0 Å². The van der Waals surface area contributed by atoms with Crippen LogP contribution in [0.5, 0.6) is 0 Å². The summed E-state index contributed by atoms with van der Waals surface area (Å²) < 4.78 is 0. The lowest BCUT2D eigenvalue weighted by molar-refractivity contribution is -0.383. The van der Waals surface area contributed by atoms with Crippen molar-refractivity contribution in [3.05, 3.63) is 22.4 Å². The largest absolute Gasteiger partial charge is 0.366 e. The lowest BCUT2D eigenvalue weighted by atomic mass is 10.5. The van der Waals surface area contributed by atoms with Crippen molar-refractivity contribution < 1.29 is 4.92 Å². The van der Waals surface area contributed by atoms with Crippen LogP contribution in [-0.2, 0) is 0 Å². The van der Waals surface area contributed by atoms with E-state index < -0.39 is 4.92 Å². The van der Waals surface area contributed by atoms with E-state index in [9.17, 15) is 10.1 Å². The number of rotatable bonds is 3. The quantitative estimate of drug-likeness (QED) is 0.511. The van der Waals surface area contributed by atoms with Crippen molar-refractivity contribution in [2.24, 2.45) is 0 Å². The molecular formula is C6H9N3O2. The van der Waals surface area contributed by atoms with Gasteiger partial charge in [-0.1, -0.05) is 0 Å². The van der Waals surface area contributed by atoms with Crippen LogP contribution in [0.3, 0.4) is 0 Å². The molecule has 0 atom stereocenters. The standard InChI is InChI=1S/C6H9N3O2/c1-2-7-6-5(9(10)11)3-4-8-6/h3-4,7-8H,2H2,1H3. The highest BCUT2D eigenvalue weighted by Crippen LogP contribution is 2.20. The average Bonchev–Trinajstić information content (AvgIpc) is 2.36. The van der Waals surface area contributed by atoms with Crippen molar-refractivity contribution >= 4 is 11.5 Å². The zero-order chi connectivity index (χ0) is 8.27. The topological polar surface area (TPSA) is 71.0 Å². The molecule has 0 aliphatic heterocycles. The van der Waals surface area contributed by atoms with Gasteiger partial charge in [0.15, 0.2) is 5.82 Å². The van der Waals surface area contributed by atoms with Crippen molar-refractivity contribution in [1.29, 1.82) is 0 Å². The molecule has 0 aromatic carbocycles. The van der Waals surface area contributed by atoms with E-state index in [0.717, 1.165) is 0 Å². The van der Waals surface area contributed by atoms with Crippen LogP contribution in [0.4, 0.5) is 11.5 Å². The van der Waals surface area contributed by atoms with Crippen LogP contribution in [0, 0.1) is 10.1 Å². The molecule has 0 bridgehead atoms. The summed E-state index contributed by atoms with van der Waals surface area (Å²) in [4.78, 5) is 12.6. The van der Waals surface area contributed by atoms with Crippen LogP contribution >= 0.6 is 0 Å². The van der Waals surface area contributed by atoms with E-state index in [0.29, 0.717) is 12.4 Å². The highest BCUT2D eigenvalue weighted by atomic mass is 16.6.